The van der Waals surface area contributed by atoms with E-state index in [1.807, 2.05) is 0 Å². The van der Waals surface area contributed by atoms with Gasteiger partial charge in [-0.15, -0.1) is 0 Å². The van der Waals surface area contributed by atoms with Gasteiger partial charge in [-0.1, -0.05) is 0 Å². The largest absolute Gasteiger partial charge is 0.443 e. The van der Waals surface area contributed by atoms with Gasteiger partial charge >= 0.3 is 6.03 Å². The maximum atomic E-state index is 12.8. The zero-order valence-corrected chi connectivity index (χ0v) is 15.1. The highest BCUT2D eigenvalue weighted by Crippen LogP contribution is 2.27. The number of anilines is 2. The van der Waals surface area contributed by atoms with E-state index in [-0.39, 0.29) is 17.2 Å². The normalized spacial score (nSPS) is 13.3. The highest BCUT2D eigenvalue weighted by molar-refractivity contribution is 6.07. The average Bonchev–Trinajstić information content (AvgIpc) is 3.42. The fourth-order valence-corrected chi connectivity index (χ4v) is 3.20. The maximum absolute atomic E-state index is 12.8. The summed E-state index contributed by atoms with van der Waals surface area (Å²) in [7, 11) is 0. The molecule has 3 heterocycles. The molecule has 1 aromatic carbocycles. The van der Waals surface area contributed by atoms with Crippen LogP contribution in [0.25, 0.3) is 5.88 Å². The predicted octanol–water partition coefficient (Wildman–Crippen LogP) is 3.03. The van der Waals surface area contributed by atoms with Crippen LogP contribution in [0.5, 0.6) is 0 Å². The van der Waals surface area contributed by atoms with Crippen LogP contribution < -0.4 is 15.5 Å². The Morgan fingerprint density at radius 2 is 1.96 bits per heavy atom. The lowest BCUT2D eigenvalue weighted by Gasteiger charge is -2.14. The van der Waals surface area contributed by atoms with Gasteiger partial charge in [0.2, 0.25) is 5.88 Å². The Morgan fingerprint density at radius 1 is 1.25 bits per heavy atom. The highest BCUT2D eigenvalue weighted by Gasteiger charge is 2.25. The van der Waals surface area contributed by atoms with E-state index in [1.54, 1.807) is 65.2 Å². The summed E-state index contributed by atoms with van der Waals surface area (Å²) in [5.74, 6) is 0.247. The maximum Gasteiger partial charge on any atom is 0.321 e. The zero-order valence-electron chi connectivity index (χ0n) is 15.1. The molecule has 1 saturated heterocycles. The fraction of sp³-hybridized carbons (Fsp3) is 0.150. The molecule has 0 atom stereocenters. The van der Waals surface area contributed by atoms with E-state index in [2.05, 4.69) is 16.7 Å². The van der Waals surface area contributed by atoms with Crippen molar-refractivity contribution in [3.8, 4) is 12.0 Å². The van der Waals surface area contributed by atoms with E-state index >= 15 is 0 Å². The number of carbonyl (C=O) groups is 2. The number of carbonyl (C=O) groups excluding carboxylic acids is 2. The lowest BCUT2D eigenvalue weighted by molar-refractivity contribution is 0.102. The third kappa shape index (κ3) is 2.99. The highest BCUT2D eigenvalue weighted by atomic mass is 16.4. The molecule has 0 aliphatic carbocycles. The molecule has 0 unspecified atom stereocenters. The lowest BCUT2D eigenvalue weighted by Crippen LogP contribution is -2.27. The zero-order chi connectivity index (χ0) is 19.7. The van der Waals surface area contributed by atoms with Crippen molar-refractivity contribution in [1.82, 2.24) is 9.88 Å². The molecule has 28 heavy (non-hydrogen) atoms. The van der Waals surface area contributed by atoms with E-state index in [0.717, 1.165) is 5.69 Å². The molecule has 3 amide bonds. The number of rotatable bonds is 4. The minimum Gasteiger partial charge on any atom is -0.443 e. The van der Waals surface area contributed by atoms with Gasteiger partial charge in [0.15, 0.2) is 0 Å². The van der Waals surface area contributed by atoms with E-state index in [1.165, 1.54) is 0 Å². The van der Waals surface area contributed by atoms with Crippen LogP contribution in [0.1, 0.15) is 21.7 Å². The minimum atomic E-state index is -0.428. The number of amides is 3. The summed E-state index contributed by atoms with van der Waals surface area (Å²) in [5.41, 5.74) is 1.69. The second-order valence-electron chi connectivity index (χ2n) is 6.30. The third-order valence-electron chi connectivity index (χ3n) is 4.54. The first kappa shape index (κ1) is 17.4. The quantitative estimate of drug-likeness (QED) is 0.731. The summed E-state index contributed by atoms with van der Waals surface area (Å²) in [5, 5.41) is 15.1. The van der Waals surface area contributed by atoms with Crippen molar-refractivity contribution in [2.75, 3.05) is 23.3 Å². The summed E-state index contributed by atoms with van der Waals surface area (Å²) in [6.45, 7) is 2.86. The number of benzene rings is 1. The Bertz CT molecular complexity index is 1070. The number of aromatic nitrogens is 1. The van der Waals surface area contributed by atoms with Crippen molar-refractivity contribution < 1.29 is 14.0 Å². The van der Waals surface area contributed by atoms with Crippen LogP contribution in [-0.4, -0.2) is 29.6 Å². The van der Waals surface area contributed by atoms with Gasteiger partial charge in [0.25, 0.3) is 5.91 Å². The summed E-state index contributed by atoms with van der Waals surface area (Å²) in [6, 6.07) is 12.5. The molecule has 140 valence electrons. The molecule has 0 saturated carbocycles. The number of aryl methyl sites for hydroxylation is 1. The molecule has 1 aliphatic heterocycles. The number of urea groups is 1. The van der Waals surface area contributed by atoms with Gasteiger partial charge in [-0.05, 0) is 43.3 Å². The van der Waals surface area contributed by atoms with Gasteiger partial charge in [0.05, 0.1) is 0 Å². The Morgan fingerprint density at radius 3 is 2.57 bits per heavy atom. The van der Waals surface area contributed by atoms with Gasteiger partial charge in [-0.25, -0.2) is 4.79 Å². The summed E-state index contributed by atoms with van der Waals surface area (Å²) >= 11 is 0. The van der Waals surface area contributed by atoms with Gasteiger partial charge in [-0.3, -0.25) is 14.3 Å². The number of hydrogen-bond donors (Lipinski definition) is 2. The van der Waals surface area contributed by atoms with Gasteiger partial charge in [0, 0.05) is 36.9 Å². The Balaban J connectivity index is 1.57. The summed E-state index contributed by atoms with van der Waals surface area (Å²) < 4.78 is 7.32. The fourth-order valence-electron chi connectivity index (χ4n) is 3.20. The first-order valence-electron chi connectivity index (χ1n) is 8.72. The van der Waals surface area contributed by atoms with Crippen LogP contribution in [0.2, 0.25) is 0 Å². The smallest absolute Gasteiger partial charge is 0.321 e. The van der Waals surface area contributed by atoms with Crippen LogP contribution in [0.15, 0.2) is 53.2 Å². The third-order valence-corrected chi connectivity index (χ3v) is 4.54. The van der Waals surface area contributed by atoms with Gasteiger partial charge in [-0.2, -0.15) is 5.26 Å². The monoisotopic (exact) mass is 375 g/mol. The molecule has 2 aromatic heterocycles. The molecule has 4 rings (SSSR count). The van der Waals surface area contributed by atoms with Gasteiger partial charge in [0.1, 0.15) is 23.0 Å². The number of hydrogen-bond acceptors (Lipinski definition) is 4. The van der Waals surface area contributed by atoms with E-state index in [4.69, 9.17) is 4.42 Å². The second-order valence-corrected chi connectivity index (χ2v) is 6.30. The molecular weight excluding hydrogens is 358 g/mol. The van der Waals surface area contributed by atoms with Crippen LogP contribution in [0.4, 0.5) is 16.2 Å². The second kappa shape index (κ2) is 6.96. The molecule has 1 fully saturated rings. The molecule has 0 radical (unpaired) electrons. The van der Waals surface area contributed by atoms with Crippen molar-refractivity contribution >= 4 is 23.3 Å². The van der Waals surface area contributed by atoms with Gasteiger partial charge < -0.3 is 15.1 Å². The number of nitrogens with one attached hydrogen (secondary N) is 2. The molecule has 8 nitrogen and oxygen atoms in total. The van der Waals surface area contributed by atoms with Crippen molar-refractivity contribution in [3.63, 3.8) is 0 Å². The first-order valence-corrected chi connectivity index (χ1v) is 8.72. The van der Waals surface area contributed by atoms with E-state index in [9.17, 15) is 14.9 Å². The van der Waals surface area contributed by atoms with Crippen LogP contribution in [-0.2, 0) is 0 Å². The number of furan rings is 1. The van der Waals surface area contributed by atoms with E-state index in [0.29, 0.717) is 30.4 Å². The standard InChI is InChI=1S/C20H17N5O3/c1-13-17(16(12-21)19(28-13)24-9-2-3-10-24)18(26)23-14-4-6-15(7-5-14)25-11-8-22-20(25)27/h2-7,9-10H,8,11H2,1H3,(H,22,27)(H,23,26). The van der Waals surface area contributed by atoms with Crippen molar-refractivity contribution in [2.24, 2.45) is 0 Å². The minimum absolute atomic E-state index is 0.137. The molecule has 1 aliphatic rings. The van der Waals surface area contributed by atoms with Crippen LogP contribution in [0.3, 0.4) is 0 Å². The topological polar surface area (TPSA) is 103 Å². The SMILES string of the molecule is Cc1oc(-n2cccc2)c(C#N)c1C(=O)Nc1ccc(N2CCNC2=O)cc1. The molecule has 2 N–H and O–H groups in total. The Labute approximate surface area is 161 Å². The first-order chi connectivity index (χ1) is 13.6. The molecule has 3 aromatic rings. The van der Waals surface area contributed by atoms with Crippen LogP contribution >= 0.6 is 0 Å². The van der Waals surface area contributed by atoms with E-state index < -0.39 is 5.91 Å². The predicted molar refractivity (Wildman–Crippen MR) is 103 cm³/mol. The summed E-state index contributed by atoms with van der Waals surface area (Å²) in [4.78, 5) is 26.1. The average molecular weight is 375 g/mol. The van der Waals surface area contributed by atoms with Crippen LogP contribution in [0, 0.1) is 18.3 Å². The Kier molecular flexibility index (Phi) is 4.33. The van der Waals surface area contributed by atoms with Crippen molar-refractivity contribution in [2.45, 2.75) is 6.92 Å². The molecule has 8 heteroatoms. The molecule has 0 bridgehead atoms. The lowest BCUT2D eigenvalue weighted by atomic mass is 10.1. The molecular formula is C20H17N5O3. The van der Waals surface area contributed by atoms with Crippen molar-refractivity contribution in [3.05, 3.63) is 65.7 Å². The van der Waals surface area contributed by atoms with Crippen molar-refractivity contribution in [1.29, 1.82) is 5.26 Å². The number of nitrogens with zero attached hydrogens (tertiary/aromatic N) is 3. The Hall–Kier alpha value is -3.99. The molecule has 0 spiro atoms. The summed E-state index contributed by atoms with van der Waals surface area (Å²) in [6.07, 6.45) is 3.49. The number of nitriles is 1.